The van der Waals surface area contributed by atoms with Crippen molar-refractivity contribution in [2.24, 2.45) is 0 Å². The molecule has 0 aromatic heterocycles. The van der Waals surface area contributed by atoms with E-state index in [1.807, 2.05) is 13.8 Å². The van der Waals surface area contributed by atoms with Gasteiger partial charge in [0.1, 0.15) is 11.6 Å². The molecule has 1 aliphatic heterocycles. The number of hydrogen-bond donors (Lipinski definition) is 0. The van der Waals surface area contributed by atoms with Crippen LogP contribution in [0.5, 0.6) is 5.75 Å². The monoisotopic (exact) mass is 196 g/mol. The summed E-state index contributed by atoms with van der Waals surface area (Å²) in [5.74, 6) is 0.464. The number of fused-ring (bicyclic) bond motifs is 1. The van der Waals surface area contributed by atoms with Crippen LogP contribution in [0.25, 0.3) is 0 Å². The summed E-state index contributed by atoms with van der Waals surface area (Å²) in [4.78, 5) is 0. The van der Waals surface area contributed by atoms with Crippen LogP contribution >= 0.6 is 0 Å². The van der Waals surface area contributed by atoms with Crippen molar-refractivity contribution in [1.82, 2.24) is 0 Å². The van der Waals surface area contributed by atoms with Crippen molar-refractivity contribution >= 4 is 0 Å². The van der Waals surface area contributed by atoms with E-state index in [1.54, 1.807) is 6.07 Å². The Labute approximate surface area is 84.9 Å². The van der Waals surface area contributed by atoms with Crippen LogP contribution in [0.4, 0.5) is 4.39 Å². The van der Waals surface area contributed by atoms with E-state index >= 15 is 0 Å². The highest BCUT2D eigenvalue weighted by molar-refractivity contribution is 5.42. The van der Waals surface area contributed by atoms with E-state index in [0.29, 0.717) is 12.4 Å². The molecule has 0 atom stereocenters. The predicted octanol–water partition coefficient (Wildman–Crippen LogP) is 3.52. The number of hydrogen-bond acceptors (Lipinski definition) is 1. The average molecular weight is 196 g/mol. The summed E-state index contributed by atoms with van der Waals surface area (Å²) in [6, 6.07) is 4.73. The van der Waals surface area contributed by atoms with E-state index in [4.69, 9.17) is 4.74 Å². The lowest BCUT2D eigenvalue weighted by molar-refractivity contribution is 0.290. The number of ether oxygens (including phenoxy) is 1. The first kappa shape index (κ1) is 11.0. The maximum absolute atomic E-state index is 12.7. The lowest BCUT2D eigenvalue weighted by Crippen LogP contribution is -2.18. The molecule has 2 heteroatoms. The molecule has 1 aromatic carbocycles. The molecular weight excluding hydrogens is 179 g/mol. The van der Waals surface area contributed by atoms with Crippen LogP contribution in [0.15, 0.2) is 18.2 Å². The van der Waals surface area contributed by atoms with Gasteiger partial charge in [-0.1, -0.05) is 33.8 Å². The third kappa shape index (κ3) is 1.89. The highest BCUT2D eigenvalue weighted by Crippen LogP contribution is 2.38. The van der Waals surface area contributed by atoms with Crippen LogP contribution in [-0.2, 0) is 5.41 Å². The maximum Gasteiger partial charge on any atom is 0.126 e. The molecule has 14 heavy (non-hydrogen) atoms. The zero-order valence-electron chi connectivity index (χ0n) is 9.23. The molecule has 0 amide bonds. The van der Waals surface area contributed by atoms with E-state index in [0.717, 1.165) is 5.56 Å². The van der Waals surface area contributed by atoms with Crippen molar-refractivity contribution in [3.05, 3.63) is 29.6 Å². The highest BCUT2D eigenvalue weighted by Gasteiger charge is 2.31. The minimum Gasteiger partial charge on any atom is -0.492 e. The second-order valence-electron chi connectivity index (χ2n) is 3.81. The molecule has 0 N–H and O–H groups in total. The van der Waals surface area contributed by atoms with Gasteiger partial charge in [-0.3, -0.25) is 0 Å². The van der Waals surface area contributed by atoms with Gasteiger partial charge in [0.05, 0.1) is 6.61 Å². The molecule has 0 saturated carbocycles. The van der Waals surface area contributed by atoms with E-state index in [1.165, 1.54) is 12.1 Å². The first-order chi connectivity index (χ1) is 6.59. The minimum atomic E-state index is -0.230. The van der Waals surface area contributed by atoms with Gasteiger partial charge in [0.15, 0.2) is 0 Å². The van der Waals surface area contributed by atoms with Gasteiger partial charge in [0.2, 0.25) is 0 Å². The third-order valence-electron chi connectivity index (χ3n) is 2.26. The Morgan fingerprint density at radius 3 is 2.57 bits per heavy atom. The van der Waals surface area contributed by atoms with Crippen molar-refractivity contribution < 1.29 is 9.13 Å². The molecule has 0 spiro atoms. The fourth-order valence-electron chi connectivity index (χ4n) is 1.51. The Bertz CT molecular complexity index is 318. The van der Waals surface area contributed by atoms with E-state index in [9.17, 15) is 4.39 Å². The van der Waals surface area contributed by atoms with Crippen LogP contribution in [0.1, 0.15) is 33.3 Å². The van der Waals surface area contributed by atoms with E-state index < -0.39 is 0 Å². The van der Waals surface area contributed by atoms with Crippen LogP contribution in [0.2, 0.25) is 0 Å². The maximum atomic E-state index is 12.7. The number of halogens is 1. The Kier molecular flexibility index (Phi) is 3.14. The molecule has 0 bridgehead atoms. The van der Waals surface area contributed by atoms with Crippen LogP contribution in [-0.4, -0.2) is 6.61 Å². The molecule has 78 valence electrons. The van der Waals surface area contributed by atoms with Gasteiger partial charge in [-0.2, -0.15) is 0 Å². The van der Waals surface area contributed by atoms with E-state index in [-0.39, 0.29) is 11.2 Å². The smallest absolute Gasteiger partial charge is 0.126 e. The standard InChI is InChI=1S/C10H11FO.C2H6/c1-10(2)6-12-9-5-7(11)3-4-8(9)10;1-2/h3-5H,6H2,1-2H3;1-2H3. The van der Waals surface area contributed by atoms with E-state index in [2.05, 4.69) is 13.8 Å². The van der Waals surface area contributed by atoms with Gasteiger partial charge in [-0.05, 0) is 6.07 Å². The number of benzene rings is 1. The van der Waals surface area contributed by atoms with Crippen molar-refractivity contribution in [1.29, 1.82) is 0 Å². The zero-order valence-corrected chi connectivity index (χ0v) is 9.23. The molecule has 0 fully saturated rings. The fraction of sp³-hybridized carbons (Fsp3) is 0.500. The Morgan fingerprint density at radius 1 is 1.29 bits per heavy atom. The first-order valence-corrected chi connectivity index (χ1v) is 5.02. The summed E-state index contributed by atoms with van der Waals surface area (Å²) in [6.07, 6.45) is 0. The van der Waals surface area contributed by atoms with Crippen molar-refractivity contribution in [2.45, 2.75) is 33.1 Å². The van der Waals surface area contributed by atoms with Gasteiger partial charge in [0.25, 0.3) is 0 Å². The average Bonchev–Trinajstić information content (AvgIpc) is 2.45. The highest BCUT2D eigenvalue weighted by atomic mass is 19.1. The fourth-order valence-corrected chi connectivity index (χ4v) is 1.51. The van der Waals surface area contributed by atoms with Gasteiger partial charge >= 0.3 is 0 Å². The normalized spacial score (nSPS) is 16.4. The summed E-state index contributed by atoms with van der Waals surface area (Å²) in [6.45, 7) is 8.83. The van der Waals surface area contributed by atoms with Crippen molar-refractivity contribution in [2.75, 3.05) is 6.61 Å². The first-order valence-electron chi connectivity index (χ1n) is 5.02. The molecule has 1 aromatic rings. The lowest BCUT2D eigenvalue weighted by atomic mass is 9.87. The topological polar surface area (TPSA) is 9.23 Å². The third-order valence-corrected chi connectivity index (χ3v) is 2.26. The Morgan fingerprint density at radius 2 is 1.93 bits per heavy atom. The second-order valence-corrected chi connectivity index (χ2v) is 3.81. The summed E-state index contributed by atoms with van der Waals surface area (Å²) in [5, 5.41) is 0. The van der Waals surface area contributed by atoms with Gasteiger partial charge in [-0.15, -0.1) is 0 Å². The molecule has 1 aliphatic rings. The molecule has 2 rings (SSSR count). The lowest BCUT2D eigenvalue weighted by Gasteiger charge is -2.14. The summed E-state index contributed by atoms with van der Waals surface area (Å²) in [7, 11) is 0. The molecule has 1 heterocycles. The summed E-state index contributed by atoms with van der Waals surface area (Å²) >= 11 is 0. The molecule has 0 unspecified atom stereocenters. The van der Waals surface area contributed by atoms with Crippen LogP contribution in [0.3, 0.4) is 0 Å². The SMILES string of the molecule is CC.CC1(C)COc2cc(F)ccc21. The van der Waals surface area contributed by atoms with Gasteiger partial charge in [-0.25, -0.2) is 4.39 Å². The second kappa shape index (κ2) is 3.99. The number of rotatable bonds is 0. The summed E-state index contributed by atoms with van der Waals surface area (Å²) in [5.41, 5.74) is 1.13. The summed E-state index contributed by atoms with van der Waals surface area (Å²) < 4.78 is 18.1. The van der Waals surface area contributed by atoms with Crippen LogP contribution in [0, 0.1) is 5.82 Å². The van der Waals surface area contributed by atoms with Crippen molar-refractivity contribution in [3.8, 4) is 5.75 Å². The quantitative estimate of drug-likeness (QED) is 0.617. The Hall–Kier alpha value is -1.05. The molecule has 0 aliphatic carbocycles. The Balaban J connectivity index is 0.000000461. The molecule has 0 radical (unpaired) electrons. The van der Waals surface area contributed by atoms with Gasteiger partial charge in [0, 0.05) is 17.0 Å². The molecule has 1 nitrogen and oxygen atoms in total. The minimum absolute atomic E-state index is 0.0308. The molecule has 0 saturated heterocycles. The van der Waals surface area contributed by atoms with Crippen LogP contribution < -0.4 is 4.74 Å². The van der Waals surface area contributed by atoms with Gasteiger partial charge < -0.3 is 4.74 Å². The zero-order chi connectivity index (χ0) is 10.8. The predicted molar refractivity (Wildman–Crippen MR) is 56.3 cm³/mol. The largest absolute Gasteiger partial charge is 0.492 e. The molecular formula is C12H17FO. The van der Waals surface area contributed by atoms with Crippen molar-refractivity contribution in [3.63, 3.8) is 0 Å².